The second-order valence-electron chi connectivity index (χ2n) is 23.7. The summed E-state index contributed by atoms with van der Waals surface area (Å²) in [6.07, 6.45) is 12.9. The molecule has 6 aromatic heterocycles. The van der Waals surface area contributed by atoms with Gasteiger partial charge in [0.2, 0.25) is 11.8 Å². The molecule has 2 aromatic carbocycles. The largest absolute Gasteiger partial charge is 0.480 e. The van der Waals surface area contributed by atoms with Crippen LogP contribution >= 0.6 is 22.7 Å². The van der Waals surface area contributed by atoms with E-state index in [-0.39, 0.29) is 46.9 Å². The Labute approximate surface area is 470 Å². The number of aryl methyl sites for hydroxylation is 2. The van der Waals surface area contributed by atoms with Crippen LogP contribution in [0, 0.1) is 24.7 Å². The van der Waals surface area contributed by atoms with Crippen molar-refractivity contribution in [2.75, 3.05) is 0 Å². The summed E-state index contributed by atoms with van der Waals surface area (Å²) in [5.74, 6) is -1.89. The Morgan fingerprint density at radius 2 is 0.950 bits per heavy atom. The maximum absolute atomic E-state index is 14.1. The molecule has 2 N–H and O–H groups in total. The van der Waals surface area contributed by atoms with E-state index in [0.717, 1.165) is 71.6 Å². The predicted molar refractivity (Wildman–Crippen MR) is 308 cm³/mol. The van der Waals surface area contributed by atoms with Crippen molar-refractivity contribution >= 4 is 55.0 Å². The topological polar surface area (TPSA) is 233 Å². The van der Waals surface area contributed by atoms with Crippen molar-refractivity contribution in [2.24, 2.45) is 10.8 Å². The highest BCUT2D eigenvalue weighted by atomic mass is 32.1. The van der Waals surface area contributed by atoms with Gasteiger partial charge in [0.1, 0.15) is 45.5 Å². The zero-order chi connectivity index (χ0) is 57.6. The molecule has 0 aliphatic heterocycles. The fourth-order valence-electron chi connectivity index (χ4n) is 10.9. The quantitative estimate of drug-likeness (QED) is 0.0916. The molecule has 1 unspecified atom stereocenters. The SMILES string of the molecule is Cc1c(-c2ncco2)sc2c1c(=O)n(C(C)(C)C(=O)O)c(=O)n2CC(OC1CCC(C)(C)CC1)c1ccccc1.Cc1c(-c2ncco2)sc2c1c(=O)n(C(C)(C)C(=O)O)c(=O)n2C[C@H](OC1CCC(C)(C)CC1)c1ccccc1. The van der Waals surface area contributed by atoms with Gasteiger partial charge in [-0.2, -0.15) is 0 Å². The standard InChI is InChI=1S/2C30H35N3O6S/c2*1-18-22-25(34)33(30(4,5)27(35)36)28(37)32(26(22)40-23(18)24-31-15-16-38-24)17-21(19-9-7-6-8-10-19)39-20-11-13-29(2,3)14-12-20/h2*6-10,15-16,20-21H,11-14,17H2,1-5H3,(H,35,36)/t21-;/m0./s1. The van der Waals surface area contributed by atoms with Crippen molar-refractivity contribution in [3.63, 3.8) is 0 Å². The van der Waals surface area contributed by atoms with Gasteiger partial charge in [-0.3, -0.25) is 18.7 Å². The maximum atomic E-state index is 14.1. The number of hydrogen-bond donors (Lipinski definition) is 2. The lowest BCUT2D eigenvalue weighted by atomic mass is 9.76. The monoisotopic (exact) mass is 1130 g/mol. The molecule has 0 saturated heterocycles. The Bertz CT molecular complexity index is 3520. The minimum Gasteiger partial charge on any atom is -0.480 e. The van der Waals surface area contributed by atoms with Crippen LogP contribution in [0.3, 0.4) is 0 Å². The van der Waals surface area contributed by atoms with Gasteiger partial charge >= 0.3 is 23.3 Å². The number of thiophene rings is 2. The first-order valence-corrected chi connectivity index (χ1v) is 28.7. The van der Waals surface area contributed by atoms with Crippen LogP contribution in [0.5, 0.6) is 0 Å². The number of aliphatic carboxylic acids is 2. The number of benzene rings is 2. The molecule has 0 bridgehead atoms. The fourth-order valence-corrected chi connectivity index (χ4v) is 13.4. The minimum absolute atomic E-state index is 0.0266. The number of fused-ring (bicyclic) bond motifs is 2. The van der Waals surface area contributed by atoms with Gasteiger partial charge in [0.15, 0.2) is 0 Å². The zero-order valence-electron chi connectivity index (χ0n) is 46.9. The van der Waals surface area contributed by atoms with Gasteiger partial charge in [-0.15, -0.1) is 22.7 Å². The minimum atomic E-state index is -1.78. The average molecular weight is 1130 g/mol. The van der Waals surface area contributed by atoms with Crippen LogP contribution in [0.2, 0.25) is 0 Å². The smallest absolute Gasteiger partial charge is 0.333 e. The lowest BCUT2D eigenvalue weighted by molar-refractivity contribution is -0.146. The number of carboxylic acid groups (broad SMARTS) is 2. The van der Waals surface area contributed by atoms with Gasteiger partial charge in [-0.1, -0.05) is 88.4 Å². The lowest BCUT2D eigenvalue weighted by Gasteiger charge is -2.36. The van der Waals surface area contributed by atoms with E-state index >= 15 is 0 Å². The summed E-state index contributed by atoms with van der Waals surface area (Å²) in [6.45, 7) is 18.3. The molecule has 8 aromatic rings. The predicted octanol–water partition coefficient (Wildman–Crippen LogP) is 11.5. The summed E-state index contributed by atoms with van der Waals surface area (Å²) < 4.78 is 29.1. The number of hydrogen-bond acceptors (Lipinski definition) is 14. The number of aromatic nitrogens is 6. The van der Waals surface area contributed by atoms with Gasteiger partial charge in [-0.25, -0.2) is 38.3 Å². The molecule has 6 heterocycles. The van der Waals surface area contributed by atoms with E-state index in [1.807, 2.05) is 60.7 Å². The molecule has 2 saturated carbocycles. The van der Waals surface area contributed by atoms with Crippen LogP contribution in [0.4, 0.5) is 0 Å². The lowest BCUT2D eigenvalue weighted by Crippen LogP contribution is -2.52. The van der Waals surface area contributed by atoms with Crippen molar-refractivity contribution in [3.05, 3.63) is 150 Å². The van der Waals surface area contributed by atoms with Crippen LogP contribution < -0.4 is 22.5 Å². The number of ether oxygens (including phenoxy) is 2. The molecule has 2 atom stereocenters. The first-order valence-electron chi connectivity index (χ1n) is 27.1. The fraction of sp³-hybridized carbons (Fsp3) is 0.467. The van der Waals surface area contributed by atoms with Crippen molar-refractivity contribution in [1.82, 2.24) is 28.2 Å². The Kier molecular flexibility index (Phi) is 16.2. The Morgan fingerprint density at radius 1 is 0.613 bits per heavy atom. The van der Waals surface area contributed by atoms with Gasteiger partial charge in [0.25, 0.3) is 11.1 Å². The van der Waals surface area contributed by atoms with Crippen molar-refractivity contribution in [1.29, 1.82) is 0 Å². The maximum Gasteiger partial charge on any atom is 0.333 e. The molecule has 10 rings (SSSR count). The van der Waals surface area contributed by atoms with Gasteiger partial charge < -0.3 is 28.5 Å². The highest BCUT2D eigenvalue weighted by Gasteiger charge is 2.39. The van der Waals surface area contributed by atoms with Crippen LogP contribution in [-0.4, -0.2) is 62.6 Å². The molecule has 20 heteroatoms. The Balaban J connectivity index is 0.000000194. The first-order chi connectivity index (χ1) is 37.8. The Morgan fingerprint density at radius 3 is 1.25 bits per heavy atom. The summed E-state index contributed by atoms with van der Waals surface area (Å²) in [7, 11) is 0. The van der Waals surface area contributed by atoms with Crippen molar-refractivity contribution in [3.8, 4) is 21.5 Å². The Hall–Kier alpha value is -7.00. The van der Waals surface area contributed by atoms with E-state index in [4.69, 9.17) is 18.3 Å². The van der Waals surface area contributed by atoms with E-state index < -0.39 is 57.7 Å². The van der Waals surface area contributed by atoms with E-state index in [2.05, 4.69) is 37.7 Å². The number of oxazole rings is 2. The molecular weight excluding hydrogens is 1060 g/mol. The molecule has 2 aliphatic rings. The second-order valence-corrected chi connectivity index (χ2v) is 25.7. The second kappa shape index (κ2) is 22.5. The van der Waals surface area contributed by atoms with E-state index in [1.54, 1.807) is 13.8 Å². The molecule has 2 fully saturated rings. The molecule has 0 amide bonds. The normalized spacial score (nSPS) is 16.8. The highest BCUT2D eigenvalue weighted by Crippen LogP contribution is 2.42. The van der Waals surface area contributed by atoms with Crippen LogP contribution in [0.15, 0.2) is 114 Å². The van der Waals surface area contributed by atoms with Crippen molar-refractivity contribution in [2.45, 2.75) is 169 Å². The summed E-state index contributed by atoms with van der Waals surface area (Å²) in [5, 5.41) is 20.5. The van der Waals surface area contributed by atoms with E-state index in [1.165, 1.54) is 84.4 Å². The van der Waals surface area contributed by atoms with Crippen LogP contribution in [-0.2, 0) is 43.2 Å². The number of nitrogens with zero attached hydrogens (tertiary/aromatic N) is 6. The molecule has 80 heavy (non-hydrogen) atoms. The number of carbonyl (C=O) groups is 2. The number of carboxylic acids is 2. The zero-order valence-corrected chi connectivity index (χ0v) is 48.6. The number of rotatable bonds is 16. The molecule has 18 nitrogen and oxygen atoms in total. The van der Waals surface area contributed by atoms with Crippen LogP contribution in [0.25, 0.3) is 42.0 Å². The molecular formula is C60H70N6O12S2. The van der Waals surface area contributed by atoms with E-state index in [0.29, 0.717) is 42.3 Å². The third-order valence-corrected chi connectivity index (χ3v) is 18.8. The molecule has 0 radical (unpaired) electrons. The molecule has 0 spiro atoms. The summed E-state index contributed by atoms with van der Waals surface area (Å²) in [4.78, 5) is 90.9. The van der Waals surface area contributed by atoms with Crippen LogP contribution in [0.1, 0.15) is 141 Å². The third kappa shape index (κ3) is 11.4. The molecule has 424 valence electrons. The third-order valence-electron chi connectivity index (χ3n) is 16.2. The summed E-state index contributed by atoms with van der Waals surface area (Å²) in [5.41, 5.74) is -2.72. The molecule has 2 aliphatic carbocycles. The van der Waals surface area contributed by atoms with E-state index in [9.17, 15) is 39.0 Å². The van der Waals surface area contributed by atoms with Gasteiger partial charge in [0.05, 0.1) is 58.2 Å². The average Bonchev–Trinajstić information content (AvgIpc) is 4.29. The first kappa shape index (κ1) is 57.7. The van der Waals surface area contributed by atoms with Crippen molar-refractivity contribution < 1.29 is 38.1 Å². The van der Waals surface area contributed by atoms with Gasteiger partial charge in [0, 0.05) is 0 Å². The summed E-state index contributed by atoms with van der Waals surface area (Å²) >= 11 is 2.48. The summed E-state index contributed by atoms with van der Waals surface area (Å²) in [6, 6.07) is 19.4. The highest BCUT2D eigenvalue weighted by molar-refractivity contribution is 7.22. The van der Waals surface area contributed by atoms with Gasteiger partial charge in [-0.05, 0) is 126 Å².